The summed E-state index contributed by atoms with van der Waals surface area (Å²) in [7, 11) is 0. The van der Waals surface area contributed by atoms with Crippen molar-refractivity contribution in [1.82, 2.24) is 9.55 Å². The van der Waals surface area contributed by atoms with E-state index in [-0.39, 0.29) is 16.5 Å². The molecule has 146 valence electrons. The number of thioether (sulfide) groups is 1. The van der Waals surface area contributed by atoms with Crippen LogP contribution in [0.4, 0.5) is 18.9 Å². The van der Waals surface area contributed by atoms with E-state index in [9.17, 15) is 18.0 Å². The number of hydrogen-bond acceptors (Lipinski definition) is 3. The SMILES string of the molecule is O=C(CSc1nccn1-c1cccc(Cl)c1)Nc1cc(C(F)(F)F)ccc1Cl. The molecule has 0 aliphatic carbocycles. The third kappa shape index (κ3) is 5.01. The minimum Gasteiger partial charge on any atom is -0.324 e. The zero-order chi connectivity index (χ0) is 20.3. The van der Waals surface area contributed by atoms with Crippen LogP contribution in [0.25, 0.3) is 5.69 Å². The van der Waals surface area contributed by atoms with Crippen molar-refractivity contribution in [3.8, 4) is 5.69 Å². The molecule has 0 bridgehead atoms. The summed E-state index contributed by atoms with van der Waals surface area (Å²) in [5, 5.41) is 3.51. The molecule has 0 aliphatic heterocycles. The molecule has 3 rings (SSSR count). The molecule has 0 aliphatic rings. The predicted molar refractivity (Wildman–Crippen MR) is 104 cm³/mol. The lowest BCUT2D eigenvalue weighted by molar-refractivity contribution is -0.137. The normalized spacial score (nSPS) is 11.5. The number of benzene rings is 2. The van der Waals surface area contributed by atoms with Crippen molar-refractivity contribution >= 4 is 46.6 Å². The highest BCUT2D eigenvalue weighted by atomic mass is 35.5. The van der Waals surface area contributed by atoms with E-state index in [4.69, 9.17) is 23.2 Å². The first-order valence-corrected chi connectivity index (χ1v) is 9.57. The Labute approximate surface area is 172 Å². The van der Waals surface area contributed by atoms with Gasteiger partial charge in [-0.15, -0.1) is 0 Å². The van der Waals surface area contributed by atoms with Crippen molar-refractivity contribution in [2.75, 3.05) is 11.1 Å². The number of amides is 1. The zero-order valence-electron chi connectivity index (χ0n) is 14.0. The molecular weight excluding hydrogens is 434 g/mol. The summed E-state index contributed by atoms with van der Waals surface area (Å²) >= 11 is 13.0. The van der Waals surface area contributed by atoms with Gasteiger partial charge in [-0.2, -0.15) is 13.2 Å². The third-order valence-corrected chi connectivity index (χ3v) is 5.12. The van der Waals surface area contributed by atoms with E-state index >= 15 is 0 Å². The van der Waals surface area contributed by atoms with E-state index in [1.807, 2.05) is 6.07 Å². The highest BCUT2D eigenvalue weighted by Crippen LogP contribution is 2.34. The van der Waals surface area contributed by atoms with E-state index in [2.05, 4.69) is 10.3 Å². The lowest BCUT2D eigenvalue weighted by Crippen LogP contribution is -2.16. The van der Waals surface area contributed by atoms with Gasteiger partial charge in [0.25, 0.3) is 0 Å². The lowest BCUT2D eigenvalue weighted by Gasteiger charge is -2.12. The Kier molecular flexibility index (Phi) is 6.22. The van der Waals surface area contributed by atoms with E-state index in [1.165, 1.54) is 0 Å². The van der Waals surface area contributed by atoms with Gasteiger partial charge < -0.3 is 5.32 Å². The third-order valence-electron chi connectivity index (χ3n) is 3.59. The van der Waals surface area contributed by atoms with Gasteiger partial charge in [0.15, 0.2) is 5.16 Å². The second-order valence-corrected chi connectivity index (χ2v) is 7.38. The van der Waals surface area contributed by atoms with E-state index in [0.717, 1.165) is 35.6 Å². The minimum atomic E-state index is -4.53. The molecule has 0 fully saturated rings. The van der Waals surface area contributed by atoms with E-state index in [0.29, 0.717) is 10.2 Å². The molecule has 2 aromatic carbocycles. The van der Waals surface area contributed by atoms with Crippen LogP contribution in [-0.2, 0) is 11.0 Å². The number of nitrogens with one attached hydrogen (secondary N) is 1. The molecule has 0 radical (unpaired) electrons. The van der Waals surface area contributed by atoms with Gasteiger partial charge in [-0.25, -0.2) is 4.98 Å². The maximum absolute atomic E-state index is 12.8. The van der Waals surface area contributed by atoms with Gasteiger partial charge in [0, 0.05) is 23.1 Å². The monoisotopic (exact) mass is 445 g/mol. The minimum absolute atomic E-state index is 0.0202. The fourth-order valence-corrected chi connectivity index (χ4v) is 3.46. The van der Waals surface area contributed by atoms with Crippen molar-refractivity contribution < 1.29 is 18.0 Å². The van der Waals surface area contributed by atoms with Gasteiger partial charge in [-0.05, 0) is 36.4 Å². The van der Waals surface area contributed by atoms with Crippen LogP contribution in [-0.4, -0.2) is 21.2 Å². The number of nitrogens with zero attached hydrogens (tertiary/aromatic N) is 2. The van der Waals surface area contributed by atoms with Crippen LogP contribution in [0.3, 0.4) is 0 Å². The molecule has 1 heterocycles. The highest BCUT2D eigenvalue weighted by Gasteiger charge is 2.31. The molecule has 0 saturated carbocycles. The maximum Gasteiger partial charge on any atom is 0.416 e. The fourth-order valence-electron chi connectivity index (χ4n) is 2.33. The second-order valence-electron chi connectivity index (χ2n) is 5.59. The van der Waals surface area contributed by atoms with E-state index < -0.39 is 17.6 Å². The summed E-state index contributed by atoms with van der Waals surface area (Å²) in [5.41, 5.74) is -0.217. The van der Waals surface area contributed by atoms with Crippen molar-refractivity contribution in [2.45, 2.75) is 11.3 Å². The van der Waals surface area contributed by atoms with Crippen molar-refractivity contribution in [3.63, 3.8) is 0 Å². The van der Waals surface area contributed by atoms with E-state index in [1.54, 1.807) is 35.2 Å². The number of hydrogen-bond donors (Lipinski definition) is 1. The molecule has 4 nitrogen and oxygen atoms in total. The van der Waals surface area contributed by atoms with Crippen LogP contribution in [0.2, 0.25) is 10.0 Å². The summed E-state index contributed by atoms with van der Waals surface area (Å²) in [6.07, 6.45) is -1.24. The van der Waals surface area contributed by atoms with Crippen molar-refractivity contribution in [3.05, 3.63) is 70.5 Å². The van der Waals surface area contributed by atoms with Crippen LogP contribution in [0, 0.1) is 0 Å². The number of rotatable bonds is 5. The number of halogens is 5. The van der Waals surface area contributed by atoms with Gasteiger partial charge >= 0.3 is 6.18 Å². The number of aromatic nitrogens is 2. The van der Waals surface area contributed by atoms with Crippen LogP contribution < -0.4 is 5.32 Å². The van der Waals surface area contributed by atoms with Crippen LogP contribution in [0.5, 0.6) is 0 Å². The van der Waals surface area contributed by atoms with Crippen molar-refractivity contribution in [2.24, 2.45) is 0 Å². The maximum atomic E-state index is 12.8. The Bertz CT molecular complexity index is 1010. The quantitative estimate of drug-likeness (QED) is 0.495. The van der Waals surface area contributed by atoms with Gasteiger partial charge in [0.05, 0.1) is 22.0 Å². The molecule has 1 N–H and O–H groups in total. The molecule has 0 unspecified atom stereocenters. The topological polar surface area (TPSA) is 46.9 Å². The van der Waals surface area contributed by atoms with Crippen LogP contribution in [0.1, 0.15) is 5.56 Å². The van der Waals surface area contributed by atoms with Crippen molar-refractivity contribution in [1.29, 1.82) is 0 Å². The van der Waals surface area contributed by atoms with Gasteiger partial charge in [-0.3, -0.25) is 9.36 Å². The number of imidazole rings is 1. The molecule has 1 amide bonds. The van der Waals surface area contributed by atoms with Crippen LogP contribution >= 0.6 is 35.0 Å². The summed E-state index contributed by atoms with van der Waals surface area (Å²) < 4.78 is 40.2. The summed E-state index contributed by atoms with van der Waals surface area (Å²) in [5.74, 6) is -0.573. The first-order chi connectivity index (χ1) is 13.2. The molecule has 10 heteroatoms. The average molecular weight is 446 g/mol. The smallest absolute Gasteiger partial charge is 0.324 e. The Morgan fingerprint density at radius 2 is 1.96 bits per heavy atom. The molecule has 28 heavy (non-hydrogen) atoms. The molecule has 0 spiro atoms. The molecule has 0 saturated heterocycles. The number of carbonyl (C=O) groups is 1. The average Bonchev–Trinajstić information content (AvgIpc) is 3.09. The van der Waals surface area contributed by atoms with Crippen LogP contribution in [0.15, 0.2) is 60.0 Å². The Morgan fingerprint density at radius 3 is 2.68 bits per heavy atom. The van der Waals surface area contributed by atoms with Gasteiger partial charge in [0.1, 0.15) is 0 Å². The standard InChI is InChI=1S/C18H12Cl2F3N3OS/c19-12-2-1-3-13(9-12)26-7-6-24-17(26)28-10-16(27)25-15-8-11(18(21,22)23)4-5-14(15)20/h1-9H,10H2,(H,25,27). The molecule has 3 aromatic rings. The summed E-state index contributed by atoms with van der Waals surface area (Å²) in [6, 6.07) is 9.86. The number of alkyl halides is 3. The summed E-state index contributed by atoms with van der Waals surface area (Å²) in [4.78, 5) is 16.4. The first-order valence-electron chi connectivity index (χ1n) is 7.83. The second kappa shape index (κ2) is 8.46. The van der Waals surface area contributed by atoms with Gasteiger partial charge in [0.2, 0.25) is 5.91 Å². The lowest BCUT2D eigenvalue weighted by atomic mass is 10.2. The van der Waals surface area contributed by atoms with Gasteiger partial charge in [-0.1, -0.05) is 41.0 Å². The molecule has 1 aromatic heterocycles. The number of carbonyl (C=O) groups excluding carboxylic acids is 1. The fraction of sp³-hybridized carbons (Fsp3) is 0.111. The molecule has 0 atom stereocenters. The Balaban J connectivity index is 1.69. The highest BCUT2D eigenvalue weighted by molar-refractivity contribution is 7.99. The first kappa shape index (κ1) is 20.6. The predicted octanol–water partition coefficient (Wildman–Crippen LogP) is 5.93. The number of anilines is 1. The largest absolute Gasteiger partial charge is 0.416 e. The molecular formula is C18H12Cl2F3N3OS. The zero-order valence-corrected chi connectivity index (χ0v) is 16.3. The Morgan fingerprint density at radius 1 is 1.18 bits per heavy atom. The summed E-state index contributed by atoms with van der Waals surface area (Å²) in [6.45, 7) is 0. The Hall–Kier alpha value is -2.16.